The minimum atomic E-state index is -0.127. The molecule has 0 radical (unpaired) electrons. The Morgan fingerprint density at radius 2 is 1.24 bits per heavy atom. The molecule has 0 heterocycles. The Kier molecular flexibility index (Phi) is 2.25. The van der Waals surface area contributed by atoms with Crippen molar-refractivity contribution < 1.29 is 25.6 Å². The number of fused-ring (bicyclic) bond motifs is 2. The summed E-state index contributed by atoms with van der Waals surface area (Å²) in [5.74, 6) is -0.235. The molecule has 1 aliphatic rings. The van der Waals surface area contributed by atoms with E-state index in [4.69, 9.17) is 16.0 Å². The van der Waals surface area contributed by atoms with E-state index in [9.17, 15) is 9.59 Å². The van der Waals surface area contributed by atoms with Gasteiger partial charge >= 0.3 is 106 Å². The number of rotatable bonds is 0. The van der Waals surface area contributed by atoms with Gasteiger partial charge in [0.15, 0.2) is 0 Å². The molecule has 0 amide bonds. The van der Waals surface area contributed by atoms with Crippen molar-refractivity contribution in [3.63, 3.8) is 0 Å². The average Bonchev–Trinajstić information content (AvgIpc) is 2.36. The molecular formula is C14H7CuO2. The third-order valence-corrected chi connectivity index (χ3v) is 3.16. The van der Waals surface area contributed by atoms with Crippen molar-refractivity contribution in [2.24, 2.45) is 0 Å². The molecule has 0 spiro atoms. The number of carbonyl (C=O) groups excluding carboxylic acids is 2. The first-order valence-electron chi connectivity index (χ1n) is 5.12. The number of carbonyl (C=O) groups is 2. The van der Waals surface area contributed by atoms with Crippen molar-refractivity contribution in [2.75, 3.05) is 0 Å². The average molecular weight is 271 g/mol. The predicted octanol–water partition coefficient (Wildman–Crippen LogP) is 1.63. The van der Waals surface area contributed by atoms with Crippen LogP contribution in [0.15, 0.2) is 42.5 Å². The van der Waals surface area contributed by atoms with E-state index in [-0.39, 0.29) is 11.6 Å². The second-order valence-corrected chi connectivity index (χ2v) is 4.39. The van der Waals surface area contributed by atoms with E-state index in [1.165, 1.54) is 0 Å². The van der Waals surface area contributed by atoms with Crippen LogP contribution in [0.3, 0.4) is 0 Å². The van der Waals surface area contributed by atoms with Crippen LogP contribution in [0.5, 0.6) is 0 Å². The molecule has 2 aromatic carbocycles. The van der Waals surface area contributed by atoms with E-state index in [1.54, 1.807) is 42.5 Å². The summed E-state index contributed by atoms with van der Waals surface area (Å²) in [5.41, 5.74) is 1.79. The maximum atomic E-state index is 12.2. The van der Waals surface area contributed by atoms with Crippen LogP contribution in [0.1, 0.15) is 31.8 Å². The van der Waals surface area contributed by atoms with Gasteiger partial charge in [0.1, 0.15) is 0 Å². The Morgan fingerprint density at radius 3 is 1.88 bits per heavy atom. The maximum absolute atomic E-state index is 12.2. The fourth-order valence-electron chi connectivity index (χ4n) is 2.05. The van der Waals surface area contributed by atoms with Gasteiger partial charge in [0, 0.05) is 0 Å². The summed E-state index contributed by atoms with van der Waals surface area (Å²) in [6.07, 6.45) is 0. The Bertz CT molecular complexity index is 659. The molecule has 0 aromatic heterocycles. The van der Waals surface area contributed by atoms with E-state index in [0.29, 0.717) is 26.7 Å². The molecule has 0 unspecified atom stereocenters. The fourth-order valence-corrected chi connectivity index (χ4v) is 2.27. The fraction of sp³-hybridized carbons (Fsp3) is 0. The van der Waals surface area contributed by atoms with Gasteiger partial charge in [0.2, 0.25) is 0 Å². The number of hydrogen-bond acceptors (Lipinski definition) is 2. The molecule has 3 rings (SSSR count). The Labute approximate surface area is 106 Å². The van der Waals surface area contributed by atoms with Gasteiger partial charge in [0.05, 0.1) is 0 Å². The van der Waals surface area contributed by atoms with Gasteiger partial charge < -0.3 is 0 Å². The molecule has 17 heavy (non-hydrogen) atoms. The van der Waals surface area contributed by atoms with Gasteiger partial charge in [-0.3, -0.25) is 0 Å². The summed E-state index contributed by atoms with van der Waals surface area (Å²) in [6.45, 7) is 0. The summed E-state index contributed by atoms with van der Waals surface area (Å²) in [7, 11) is 0. The normalized spacial score (nSPS) is 13.3. The van der Waals surface area contributed by atoms with Gasteiger partial charge in [-0.25, -0.2) is 0 Å². The summed E-state index contributed by atoms with van der Waals surface area (Å²) in [5, 5.41) is 0. The topological polar surface area (TPSA) is 34.1 Å². The van der Waals surface area contributed by atoms with Crippen molar-refractivity contribution >= 4 is 16.0 Å². The van der Waals surface area contributed by atoms with Gasteiger partial charge in [-0.2, -0.15) is 0 Å². The van der Waals surface area contributed by atoms with Crippen molar-refractivity contribution in [1.29, 1.82) is 0 Å². The van der Waals surface area contributed by atoms with Gasteiger partial charge in [-0.05, 0) is 0 Å². The minimum absolute atomic E-state index is 0.109. The van der Waals surface area contributed by atoms with E-state index < -0.39 is 0 Å². The molecule has 0 N–H and O–H groups in total. The van der Waals surface area contributed by atoms with Crippen molar-refractivity contribution in [1.82, 2.24) is 0 Å². The molecule has 0 fully saturated rings. The molecule has 2 aromatic rings. The second kappa shape index (κ2) is 3.66. The molecule has 0 atom stereocenters. The molecule has 86 valence electrons. The molecule has 0 aliphatic heterocycles. The van der Waals surface area contributed by atoms with Crippen LogP contribution in [-0.2, 0) is 16.0 Å². The van der Waals surface area contributed by atoms with Crippen LogP contribution in [-0.4, -0.2) is 11.6 Å². The van der Waals surface area contributed by atoms with Crippen LogP contribution in [0.25, 0.3) is 0 Å². The monoisotopic (exact) mass is 270 g/mol. The molecule has 3 heteroatoms. The zero-order valence-electron chi connectivity index (χ0n) is 8.66. The zero-order chi connectivity index (χ0) is 12.0. The van der Waals surface area contributed by atoms with E-state index in [0.717, 1.165) is 0 Å². The molecular weight excluding hydrogens is 264 g/mol. The number of benzene rings is 2. The van der Waals surface area contributed by atoms with E-state index >= 15 is 0 Å². The first-order valence-corrected chi connectivity index (χ1v) is 5.60. The van der Waals surface area contributed by atoms with Gasteiger partial charge in [0.25, 0.3) is 0 Å². The van der Waals surface area contributed by atoms with E-state index in [2.05, 4.69) is 0 Å². The van der Waals surface area contributed by atoms with Crippen LogP contribution in [0.4, 0.5) is 0 Å². The summed E-state index contributed by atoms with van der Waals surface area (Å²) in [4.78, 5) is 24.4. The second-order valence-electron chi connectivity index (χ2n) is 3.85. The molecule has 0 saturated heterocycles. The van der Waals surface area contributed by atoms with Crippen LogP contribution in [0.2, 0.25) is 0 Å². The SMILES string of the molecule is O=C1c2ccccc2C(=O)c2c[c]([Cu])ccc21. The van der Waals surface area contributed by atoms with Crippen molar-refractivity contribution in [3.05, 3.63) is 64.7 Å². The number of hydrogen-bond donors (Lipinski definition) is 0. The van der Waals surface area contributed by atoms with Crippen molar-refractivity contribution in [3.8, 4) is 0 Å². The van der Waals surface area contributed by atoms with Gasteiger partial charge in [-0.1, -0.05) is 0 Å². The molecule has 0 bridgehead atoms. The molecule has 0 saturated carbocycles. The Hall–Kier alpha value is -1.70. The van der Waals surface area contributed by atoms with E-state index in [1.807, 2.05) is 0 Å². The standard InChI is InChI=1S/C14H7O2.Cu/c15-13-9-5-1-2-6-10(9)14(16)12-8-4-3-7-11(12)13;/h1-3,5-8H;. The third-order valence-electron chi connectivity index (χ3n) is 2.86. The van der Waals surface area contributed by atoms with Crippen LogP contribution < -0.4 is 4.46 Å². The Morgan fingerprint density at radius 1 is 0.706 bits per heavy atom. The summed E-state index contributed by atoms with van der Waals surface area (Å²) >= 11 is 5.18. The predicted molar refractivity (Wildman–Crippen MR) is 59.4 cm³/mol. The zero-order valence-corrected chi connectivity index (χ0v) is 9.60. The first-order chi connectivity index (χ1) is 8.18. The third kappa shape index (κ3) is 1.47. The molecule has 1 aliphatic carbocycles. The quantitative estimate of drug-likeness (QED) is 0.582. The first kappa shape index (κ1) is 10.5. The molecule has 2 nitrogen and oxygen atoms in total. The van der Waals surface area contributed by atoms with Crippen molar-refractivity contribution in [2.45, 2.75) is 0 Å². The van der Waals surface area contributed by atoms with Gasteiger partial charge in [-0.15, -0.1) is 0 Å². The Balaban J connectivity index is 2.33. The number of ketones is 2. The summed E-state index contributed by atoms with van der Waals surface area (Å²) in [6, 6.07) is 11.7. The summed E-state index contributed by atoms with van der Waals surface area (Å²) < 4.78 is 0.553. The van der Waals surface area contributed by atoms with Crippen LogP contribution >= 0.6 is 0 Å². The van der Waals surface area contributed by atoms with Crippen LogP contribution in [0, 0.1) is 0 Å².